The summed E-state index contributed by atoms with van der Waals surface area (Å²) in [5.41, 5.74) is 1.79. The Kier molecular flexibility index (Phi) is 4.03. The minimum Gasteiger partial charge on any atom is -0.550 e. The van der Waals surface area contributed by atoms with Crippen molar-refractivity contribution in [2.45, 2.75) is 26.7 Å². The zero-order valence-corrected chi connectivity index (χ0v) is 8.91. The van der Waals surface area contributed by atoms with Crippen LogP contribution in [0.4, 0.5) is 5.95 Å². The summed E-state index contributed by atoms with van der Waals surface area (Å²) in [6.07, 6.45) is 0.566. The first-order valence-corrected chi connectivity index (χ1v) is 4.84. The molecule has 0 aliphatic heterocycles. The maximum atomic E-state index is 10.1. The Bertz CT molecular complexity index is 332. The zero-order chi connectivity index (χ0) is 11.3. The van der Waals surface area contributed by atoms with E-state index in [4.69, 9.17) is 0 Å². The first-order chi connectivity index (χ1) is 7.08. The number of carbonyl (C=O) groups excluding carboxylic acids is 1. The Labute approximate surface area is 88.6 Å². The van der Waals surface area contributed by atoms with Gasteiger partial charge in [0.25, 0.3) is 0 Å². The summed E-state index contributed by atoms with van der Waals surface area (Å²) in [7, 11) is 0. The molecule has 5 nitrogen and oxygen atoms in total. The number of nitrogens with zero attached hydrogens (tertiary/aromatic N) is 2. The highest BCUT2D eigenvalue weighted by Gasteiger charge is 1.97. The number of aromatic nitrogens is 2. The van der Waals surface area contributed by atoms with Crippen LogP contribution in [-0.2, 0) is 4.79 Å². The van der Waals surface area contributed by atoms with E-state index in [1.54, 1.807) is 0 Å². The summed E-state index contributed by atoms with van der Waals surface area (Å²) < 4.78 is 0. The first-order valence-electron chi connectivity index (χ1n) is 4.84. The fourth-order valence-corrected chi connectivity index (χ4v) is 1.24. The Balaban J connectivity index is 2.40. The third-order valence-corrected chi connectivity index (χ3v) is 1.82. The van der Waals surface area contributed by atoms with Gasteiger partial charge in [0.1, 0.15) is 0 Å². The van der Waals surface area contributed by atoms with Crippen molar-refractivity contribution in [3.05, 3.63) is 17.5 Å². The van der Waals surface area contributed by atoms with Gasteiger partial charge in [-0.15, -0.1) is 0 Å². The summed E-state index contributed by atoms with van der Waals surface area (Å²) in [5.74, 6) is -0.482. The number of hydrogen-bond donors (Lipinski definition) is 1. The van der Waals surface area contributed by atoms with Gasteiger partial charge in [0.2, 0.25) is 5.95 Å². The van der Waals surface area contributed by atoms with Crippen LogP contribution in [0.5, 0.6) is 0 Å². The third kappa shape index (κ3) is 4.39. The number of hydrogen-bond acceptors (Lipinski definition) is 5. The van der Waals surface area contributed by atoms with E-state index in [1.807, 2.05) is 19.9 Å². The van der Waals surface area contributed by atoms with E-state index < -0.39 is 5.97 Å². The molecule has 1 aromatic rings. The number of nitrogens with one attached hydrogen (secondary N) is 1. The molecular weight excluding hydrogens is 194 g/mol. The van der Waals surface area contributed by atoms with Crippen LogP contribution in [0.25, 0.3) is 0 Å². The molecule has 0 unspecified atom stereocenters. The normalized spacial score (nSPS) is 10.0. The Morgan fingerprint density at radius 1 is 1.40 bits per heavy atom. The molecule has 5 heteroatoms. The molecule has 1 N–H and O–H groups in total. The highest BCUT2D eigenvalue weighted by Crippen LogP contribution is 2.03. The highest BCUT2D eigenvalue weighted by atomic mass is 16.4. The van der Waals surface area contributed by atoms with Crippen LogP contribution in [0.3, 0.4) is 0 Å². The molecule has 1 rings (SSSR count). The molecule has 0 fully saturated rings. The van der Waals surface area contributed by atoms with Crippen molar-refractivity contribution in [2.75, 3.05) is 11.9 Å². The summed E-state index contributed by atoms with van der Waals surface area (Å²) in [6, 6.07) is 1.88. The van der Waals surface area contributed by atoms with Gasteiger partial charge in [-0.3, -0.25) is 0 Å². The van der Waals surface area contributed by atoms with Crippen LogP contribution in [0.1, 0.15) is 24.2 Å². The van der Waals surface area contributed by atoms with Gasteiger partial charge in [0, 0.05) is 23.9 Å². The number of carboxylic acids is 1. The summed E-state index contributed by atoms with van der Waals surface area (Å²) in [5, 5.41) is 13.1. The first kappa shape index (κ1) is 11.4. The molecule has 0 aliphatic rings. The second-order valence-corrected chi connectivity index (χ2v) is 3.38. The molecular formula is C10H14N3O2-. The van der Waals surface area contributed by atoms with E-state index >= 15 is 0 Å². The van der Waals surface area contributed by atoms with Gasteiger partial charge in [-0.2, -0.15) is 0 Å². The molecule has 0 saturated carbocycles. The van der Waals surface area contributed by atoms with Crippen LogP contribution >= 0.6 is 0 Å². The number of carbonyl (C=O) groups is 1. The monoisotopic (exact) mass is 208 g/mol. The lowest BCUT2D eigenvalue weighted by molar-refractivity contribution is -0.305. The lowest BCUT2D eigenvalue weighted by atomic mass is 10.3. The molecule has 1 heterocycles. The molecule has 1 aromatic heterocycles. The number of anilines is 1. The van der Waals surface area contributed by atoms with E-state index in [-0.39, 0.29) is 6.42 Å². The quantitative estimate of drug-likeness (QED) is 0.691. The lowest BCUT2D eigenvalue weighted by Crippen LogP contribution is -2.22. The van der Waals surface area contributed by atoms with E-state index in [9.17, 15) is 9.90 Å². The summed E-state index contributed by atoms with van der Waals surface area (Å²) in [6.45, 7) is 4.32. The highest BCUT2D eigenvalue weighted by molar-refractivity contribution is 5.64. The minimum atomic E-state index is -1.03. The smallest absolute Gasteiger partial charge is 0.223 e. The van der Waals surface area contributed by atoms with Crippen molar-refractivity contribution in [1.29, 1.82) is 0 Å². The van der Waals surface area contributed by atoms with E-state index in [0.29, 0.717) is 18.9 Å². The molecule has 0 aromatic carbocycles. The van der Waals surface area contributed by atoms with Crippen LogP contribution in [0, 0.1) is 13.8 Å². The van der Waals surface area contributed by atoms with E-state index in [0.717, 1.165) is 11.4 Å². The minimum absolute atomic E-state index is 0.0534. The average molecular weight is 208 g/mol. The second-order valence-electron chi connectivity index (χ2n) is 3.38. The molecule has 0 bridgehead atoms. The van der Waals surface area contributed by atoms with Crippen molar-refractivity contribution in [2.24, 2.45) is 0 Å². The second kappa shape index (κ2) is 5.29. The molecule has 0 atom stereocenters. The Hall–Kier alpha value is -1.65. The van der Waals surface area contributed by atoms with Crippen molar-refractivity contribution >= 4 is 11.9 Å². The molecule has 0 radical (unpaired) electrons. The van der Waals surface area contributed by atoms with Crippen molar-refractivity contribution in [3.8, 4) is 0 Å². The van der Waals surface area contributed by atoms with Crippen LogP contribution in [0.15, 0.2) is 6.07 Å². The number of aliphatic carboxylic acids is 1. The van der Waals surface area contributed by atoms with Crippen molar-refractivity contribution in [1.82, 2.24) is 9.97 Å². The van der Waals surface area contributed by atoms with E-state index in [1.165, 1.54) is 0 Å². The maximum absolute atomic E-state index is 10.1. The Morgan fingerprint density at radius 3 is 2.53 bits per heavy atom. The average Bonchev–Trinajstić information content (AvgIpc) is 2.10. The molecule has 0 spiro atoms. The topological polar surface area (TPSA) is 77.9 Å². The van der Waals surface area contributed by atoms with Gasteiger partial charge in [-0.05, 0) is 32.8 Å². The zero-order valence-electron chi connectivity index (χ0n) is 8.91. The number of rotatable bonds is 5. The predicted octanol–water partition coefficient (Wildman–Crippen LogP) is 0.0354. The van der Waals surface area contributed by atoms with Crippen molar-refractivity contribution in [3.63, 3.8) is 0 Å². The number of aryl methyl sites for hydroxylation is 2. The van der Waals surface area contributed by atoms with Gasteiger partial charge in [-0.25, -0.2) is 9.97 Å². The van der Waals surface area contributed by atoms with Gasteiger partial charge < -0.3 is 15.2 Å². The molecule has 0 saturated heterocycles. The van der Waals surface area contributed by atoms with Crippen molar-refractivity contribution < 1.29 is 9.90 Å². The third-order valence-electron chi connectivity index (χ3n) is 1.82. The number of carboxylic acid groups (broad SMARTS) is 1. The molecule has 0 amide bonds. The van der Waals surface area contributed by atoms with Crippen LogP contribution < -0.4 is 10.4 Å². The molecule has 0 aliphatic carbocycles. The summed E-state index contributed by atoms with van der Waals surface area (Å²) in [4.78, 5) is 18.5. The molecule has 82 valence electrons. The fourth-order valence-electron chi connectivity index (χ4n) is 1.24. The fraction of sp³-hybridized carbons (Fsp3) is 0.500. The Morgan fingerprint density at radius 2 is 2.00 bits per heavy atom. The van der Waals surface area contributed by atoms with E-state index in [2.05, 4.69) is 15.3 Å². The predicted molar refractivity (Wildman–Crippen MR) is 54.2 cm³/mol. The SMILES string of the molecule is Cc1cc(C)nc(NCCCC(=O)[O-])n1. The van der Waals surface area contributed by atoms with Gasteiger partial charge in [0.15, 0.2) is 0 Å². The largest absolute Gasteiger partial charge is 0.550 e. The van der Waals surface area contributed by atoms with Gasteiger partial charge in [0.05, 0.1) is 0 Å². The summed E-state index contributed by atoms with van der Waals surface area (Å²) >= 11 is 0. The lowest BCUT2D eigenvalue weighted by Gasteiger charge is -2.06. The standard InChI is InChI=1S/C10H15N3O2/c1-7-6-8(2)13-10(12-7)11-5-3-4-9(14)15/h6H,3-5H2,1-2H3,(H,14,15)(H,11,12,13)/p-1. The van der Waals surface area contributed by atoms with Crippen LogP contribution in [0.2, 0.25) is 0 Å². The van der Waals surface area contributed by atoms with Gasteiger partial charge in [-0.1, -0.05) is 0 Å². The maximum Gasteiger partial charge on any atom is 0.223 e. The van der Waals surface area contributed by atoms with Gasteiger partial charge >= 0.3 is 0 Å². The molecule has 15 heavy (non-hydrogen) atoms. The van der Waals surface area contributed by atoms with Crippen LogP contribution in [-0.4, -0.2) is 22.5 Å².